The van der Waals surface area contributed by atoms with Crippen LogP contribution in [0.1, 0.15) is 13.8 Å². The molecular weight excluding hydrogens is 226 g/mol. The van der Waals surface area contributed by atoms with Gasteiger partial charge < -0.3 is 10.2 Å². The average molecular weight is 246 g/mol. The third kappa shape index (κ3) is 2.34. The van der Waals surface area contributed by atoms with Crippen LogP contribution in [0.15, 0.2) is 24.3 Å². The lowest BCUT2D eigenvalue weighted by molar-refractivity contribution is 0.196. The molecule has 2 atom stereocenters. The summed E-state index contributed by atoms with van der Waals surface area (Å²) in [6.45, 7) is 6.46. The predicted octanol–water partition coefficient (Wildman–Crippen LogP) is 1.69. The van der Waals surface area contributed by atoms with E-state index in [0.29, 0.717) is 12.1 Å². The van der Waals surface area contributed by atoms with Crippen molar-refractivity contribution < 1.29 is 4.79 Å². The maximum Gasteiger partial charge on any atom is 0.314 e. The molecule has 1 aliphatic rings. The number of carbonyl (C=O) groups excluding carboxylic acids is 1. The molecule has 1 heterocycles. The second kappa shape index (κ2) is 5.40. The van der Waals surface area contributed by atoms with Gasteiger partial charge in [-0.15, -0.1) is 0 Å². The number of nitrogens with zero attached hydrogens (tertiary/aromatic N) is 2. The first-order chi connectivity index (χ1) is 8.65. The van der Waals surface area contributed by atoms with Crippen LogP contribution in [0.2, 0.25) is 0 Å². The van der Waals surface area contributed by atoms with Crippen molar-refractivity contribution in [3.63, 3.8) is 0 Å². The highest BCUT2D eigenvalue weighted by Crippen LogP contribution is 2.30. The van der Waals surface area contributed by atoms with Gasteiger partial charge in [-0.3, -0.25) is 9.69 Å². The minimum atomic E-state index is 0.415. The molecule has 18 heavy (non-hydrogen) atoms. The van der Waals surface area contributed by atoms with Crippen LogP contribution >= 0.6 is 0 Å². The number of likely N-dealkylation sites (N-methyl/N-ethyl adjacent to an activating group) is 1. The lowest BCUT2D eigenvalue weighted by Crippen LogP contribution is -2.56. The molecule has 0 aliphatic carbocycles. The highest BCUT2D eigenvalue weighted by Gasteiger charge is 2.29. The average Bonchev–Trinajstić information content (AvgIpc) is 2.38. The van der Waals surface area contributed by atoms with E-state index in [2.05, 4.69) is 36.0 Å². The van der Waals surface area contributed by atoms with Crippen LogP contribution in [-0.2, 0) is 4.79 Å². The van der Waals surface area contributed by atoms with Crippen molar-refractivity contribution in [3.8, 4) is 0 Å². The van der Waals surface area contributed by atoms with E-state index >= 15 is 0 Å². The molecule has 97 valence electrons. The zero-order valence-electron chi connectivity index (χ0n) is 11.2. The van der Waals surface area contributed by atoms with Crippen LogP contribution in [0.25, 0.3) is 0 Å². The zero-order chi connectivity index (χ0) is 13.1. The van der Waals surface area contributed by atoms with Gasteiger partial charge in [0.05, 0.1) is 11.4 Å². The molecule has 1 N–H and O–H groups in total. The van der Waals surface area contributed by atoms with Crippen molar-refractivity contribution in [1.82, 2.24) is 4.90 Å². The summed E-state index contributed by atoms with van der Waals surface area (Å²) in [5, 5.41) is 2.66. The van der Waals surface area contributed by atoms with Crippen molar-refractivity contribution in [2.75, 3.05) is 30.4 Å². The molecule has 1 amide bonds. The molecule has 4 heteroatoms. The van der Waals surface area contributed by atoms with Crippen LogP contribution in [-0.4, -0.2) is 43.5 Å². The van der Waals surface area contributed by atoms with E-state index in [1.54, 1.807) is 6.41 Å². The Morgan fingerprint density at radius 3 is 2.67 bits per heavy atom. The van der Waals surface area contributed by atoms with Gasteiger partial charge in [0.1, 0.15) is 0 Å². The minimum absolute atomic E-state index is 0.415. The van der Waals surface area contributed by atoms with Crippen LogP contribution in [0.5, 0.6) is 0 Å². The second-order valence-corrected chi connectivity index (χ2v) is 4.90. The molecule has 1 fully saturated rings. The van der Waals surface area contributed by atoms with Crippen LogP contribution in [0.4, 0.5) is 11.4 Å². The van der Waals surface area contributed by atoms with E-state index in [-0.39, 0.29) is 0 Å². The monoisotopic (exact) mass is 246 g/mol. The molecule has 0 aromatic heterocycles. The molecule has 1 aromatic rings. The van der Waals surface area contributed by atoms with Crippen molar-refractivity contribution in [1.29, 1.82) is 0 Å². The number of piperazine rings is 1. The molecular formula is C14H20N3O. The molecule has 0 saturated carbocycles. The van der Waals surface area contributed by atoms with Crippen LogP contribution < -0.4 is 10.2 Å². The van der Waals surface area contributed by atoms with Gasteiger partial charge in [0.25, 0.3) is 0 Å². The summed E-state index contributed by atoms with van der Waals surface area (Å²) in [7, 11) is 2.15. The lowest BCUT2D eigenvalue weighted by atomic mass is 10.0. The van der Waals surface area contributed by atoms with E-state index < -0.39 is 0 Å². The van der Waals surface area contributed by atoms with Gasteiger partial charge in [0, 0.05) is 25.2 Å². The van der Waals surface area contributed by atoms with Gasteiger partial charge in [-0.2, -0.15) is 0 Å². The van der Waals surface area contributed by atoms with E-state index in [0.717, 1.165) is 24.5 Å². The predicted molar refractivity (Wildman–Crippen MR) is 74.7 cm³/mol. The standard InChI is InChI=1S/C14H20N3O/c1-11-12(2)17(9-8-16(11)3)14-7-5-4-6-13(14)15-10-18/h4-7,11-12H,8-9H2,1-3H3,(H,15,18). The molecule has 0 bridgehead atoms. The fraction of sp³-hybridized carbons (Fsp3) is 0.500. The Balaban J connectivity index is 2.28. The van der Waals surface area contributed by atoms with Gasteiger partial charge in [-0.25, -0.2) is 0 Å². The van der Waals surface area contributed by atoms with Crippen molar-refractivity contribution >= 4 is 17.8 Å². The van der Waals surface area contributed by atoms with Crippen LogP contribution in [0, 0.1) is 0 Å². The SMILES string of the molecule is CC1C(C)N(c2ccccc2N[C]=O)CCN1C. The molecule has 1 radical (unpaired) electrons. The first kappa shape index (κ1) is 12.9. The summed E-state index contributed by atoms with van der Waals surface area (Å²) in [4.78, 5) is 15.3. The highest BCUT2D eigenvalue weighted by molar-refractivity contribution is 5.81. The molecule has 2 unspecified atom stereocenters. The summed E-state index contributed by atoms with van der Waals surface area (Å²) in [5.74, 6) is 0. The van der Waals surface area contributed by atoms with E-state index in [4.69, 9.17) is 0 Å². The highest BCUT2D eigenvalue weighted by atomic mass is 16.1. The van der Waals surface area contributed by atoms with Crippen molar-refractivity contribution in [3.05, 3.63) is 24.3 Å². The van der Waals surface area contributed by atoms with E-state index in [1.165, 1.54) is 0 Å². The summed E-state index contributed by atoms with van der Waals surface area (Å²) in [5.41, 5.74) is 1.91. The van der Waals surface area contributed by atoms with Gasteiger partial charge in [-0.1, -0.05) is 12.1 Å². The third-order valence-corrected chi connectivity index (χ3v) is 3.98. The van der Waals surface area contributed by atoms with Crippen molar-refractivity contribution in [2.45, 2.75) is 25.9 Å². The molecule has 1 aliphatic heterocycles. The normalized spacial score (nSPS) is 24.9. The summed E-state index contributed by atoms with van der Waals surface area (Å²) in [6, 6.07) is 8.80. The third-order valence-electron chi connectivity index (χ3n) is 3.98. The summed E-state index contributed by atoms with van der Waals surface area (Å²) < 4.78 is 0. The number of benzene rings is 1. The molecule has 1 aromatic carbocycles. The number of nitrogens with one attached hydrogen (secondary N) is 1. The summed E-state index contributed by atoms with van der Waals surface area (Å²) >= 11 is 0. The number of hydrogen-bond acceptors (Lipinski definition) is 3. The van der Waals surface area contributed by atoms with E-state index in [9.17, 15) is 4.79 Å². The number of anilines is 2. The maximum atomic E-state index is 10.5. The van der Waals surface area contributed by atoms with Crippen LogP contribution in [0.3, 0.4) is 0 Å². The Morgan fingerprint density at radius 2 is 1.94 bits per heavy atom. The van der Waals surface area contributed by atoms with Gasteiger partial charge in [0.15, 0.2) is 0 Å². The number of para-hydroxylation sites is 2. The van der Waals surface area contributed by atoms with Gasteiger partial charge in [0.2, 0.25) is 0 Å². The summed E-state index contributed by atoms with van der Waals surface area (Å²) in [6.07, 6.45) is 1.76. The molecule has 0 spiro atoms. The Labute approximate surface area is 109 Å². The molecule has 4 nitrogen and oxygen atoms in total. The quantitative estimate of drug-likeness (QED) is 0.824. The largest absolute Gasteiger partial charge is 0.364 e. The van der Waals surface area contributed by atoms with E-state index in [1.807, 2.05) is 24.3 Å². The number of hydrogen-bond donors (Lipinski definition) is 1. The first-order valence-electron chi connectivity index (χ1n) is 6.34. The minimum Gasteiger partial charge on any atom is -0.364 e. The fourth-order valence-corrected chi connectivity index (χ4v) is 2.53. The topological polar surface area (TPSA) is 35.6 Å². The fourth-order valence-electron chi connectivity index (χ4n) is 2.53. The Morgan fingerprint density at radius 1 is 1.22 bits per heavy atom. The Bertz CT molecular complexity index is 421. The molecule has 1 saturated heterocycles. The maximum absolute atomic E-state index is 10.5. The van der Waals surface area contributed by atoms with Gasteiger partial charge in [-0.05, 0) is 33.0 Å². The molecule has 2 rings (SSSR count). The Kier molecular flexibility index (Phi) is 3.87. The Hall–Kier alpha value is -1.55. The first-order valence-corrected chi connectivity index (χ1v) is 6.34. The smallest absolute Gasteiger partial charge is 0.314 e. The number of rotatable bonds is 3. The van der Waals surface area contributed by atoms with Gasteiger partial charge >= 0.3 is 6.41 Å². The number of amides is 1. The second-order valence-electron chi connectivity index (χ2n) is 4.90. The zero-order valence-corrected chi connectivity index (χ0v) is 11.2. The lowest BCUT2D eigenvalue weighted by Gasteiger charge is -2.45. The van der Waals surface area contributed by atoms with Crippen molar-refractivity contribution in [2.24, 2.45) is 0 Å².